The van der Waals surface area contributed by atoms with E-state index in [-0.39, 0.29) is 11.7 Å². The van der Waals surface area contributed by atoms with Gasteiger partial charge in [0.2, 0.25) is 0 Å². The van der Waals surface area contributed by atoms with Crippen LogP contribution in [0, 0.1) is 0 Å². The maximum atomic E-state index is 12.4. The minimum absolute atomic E-state index is 0.260. The number of nitrogens with zero attached hydrogens (tertiary/aromatic N) is 1. The molecule has 0 radical (unpaired) electrons. The Morgan fingerprint density at radius 3 is 2.69 bits per heavy atom. The summed E-state index contributed by atoms with van der Waals surface area (Å²) < 4.78 is 17.9. The smallest absolute Gasteiger partial charge is 0.410 e. The zero-order valence-electron chi connectivity index (χ0n) is 17.4. The number of aryl methyl sites for hydroxylation is 1. The summed E-state index contributed by atoms with van der Waals surface area (Å²) >= 11 is 0. The topological polar surface area (TPSA) is 48.0 Å². The molecule has 1 saturated heterocycles. The van der Waals surface area contributed by atoms with E-state index in [1.165, 1.54) is 5.56 Å². The van der Waals surface area contributed by atoms with E-state index in [1.54, 1.807) is 4.90 Å². The lowest BCUT2D eigenvalue weighted by atomic mass is 9.90. The quantitative estimate of drug-likeness (QED) is 0.736. The van der Waals surface area contributed by atoms with Gasteiger partial charge in [0.25, 0.3) is 0 Å². The number of rotatable bonds is 3. The average Bonchev–Trinajstić information content (AvgIpc) is 3.09. The highest BCUT2D eigenvalue weighted by atomic mass is 16.6. The lowest BCUT2D eigenvalue weighted by Gasteiger charge is -2.35. The molecule has 29 heavy (non-hydrogen) atoms. The monoisotopic (exact) mass is 395 g/mol. The zero-order chi connectivity index (χ0) is 20.5. The summed E-state index contributed by atoms with van der Waals surface area (Å²) in [5.41, 5.74) is 1.50. The van der Waals surface area contributed by atoms with Crippen LogP contribution >= 0.6 is 0 Å². The van der Waals surface area contributed by atoms with E-state index in [0.717, 1.165) is 36.3 Å². The van der Waals surface area contributed by atoms with Gasteiger partial charge in [0.05, 0.1) is 6.54 Å². The molecule has 0 bridgehead atoms. The molecular weight excluding hydrogens is 366 g/mol. The normalized spacial score (nSPS) is 20.9. The summed E-state index contributed by atoms with van der Waals surface area (Å²) in [6.07, 6.45) is 2.41. The number of carbonyl (C=O) groups is 1. The number of ether oxygens (including phenoxy) is 3. The Kier molecular flexibility index (Phi) is 5.15. The zero-order valence-corrected chi connectivity index (χ0v) is 17.4. The van der Waals surface area contributed by atoms with Crippen LogP contribution < -0.4 is 9.47 Å². The summed E-state index contributed by atoms with van der Waals surface area (Å²) in [6.45, 7) is 7.42. The first kappa shape index (κ1) is 19.6. The van der Waals surface area contributed by atoms with Crippen LogP contribution in [-0.2, 0) is 17.8 Å². The summed E-state index contributed by atoms with van der Waals surface area (Å²) in [5, 5.41) is 0. The molecule has 0 aromatic heterocycles. The van der Waals surface area contributed by atoms with Gasteiger partial charge in [0.15, 0.2) is 0 Å². The lowest BCUT2D eigenvalue weighted by molar-refractivity contribution is 0.0170. The van der Waals surface area contributed by atoms with Crippen LogP contribution in [0.5, 0.6) is 11.5 Å². The molecule has 1 amide bonds. The van der Waals surface area contributed by atoms with Crippen LogP contribution in [0.1, 0.15) is 44.7 Å². The van der Waals surface area contributed by atoms with Gasteiger partial charge >= 0.3 is 6.09 Å². The molecule has 1 atom stereocenters. The van der Waals surface area contributed by atoms with Crippen molar-refractivity contribution in [2.45, 2.75) is 57.8 Å². The van der Waals surface area contributed by atoms with E-state index in [9.17, 15) is 4.79 Å². The number of benzene rings is 2. The maximum Gasteiger partial charge on any atom is 0.410 e. The Bertz CT molecular complexity index is 874. The Balaban J connectivity index is 1.42. The molecule has 5 nitrogen and oxygen atoms in total. The van der Waals surface area contributed by atoms with E-state index in [0.29, 0.717) is 19.7 Å². The Labute approximate surface area is 172 Å². The van der Waals surface area contributed by atoms with Crippen molar-refractivity contribution in [3.8, 4) is 11.5 Å². The third-order valence-corrected chi connectivity index (χ3v) is 5.43. The molecule has 0 saturated carbocycles. The van der Waals surface area contributed by atoms with Gasteiger partial charge in [0, 0.05) is 19.0 Å². The average molecular weight is 395 g/mol. The molecule has 4 rings (SSSR count). The highest BCUT2D eigenvalue weighted by Gasteiger charge is 2.45. The minimum Gasteiger partial charge on any atom is -0.489 e. The van der Waals surface area contributed by atoms with Crippen LogP contribution in [0.3, 0.4) is 0 Å². The molecule has 2 aromatic rings. The van der Waals surface area contributed by atoms with Crippen molar-refractivity contribution in [3.05, 3.63) is 59.7 Å². The SMILES string of the molecule is CC(C)(C)OC(=O)N1CCC2(CCc3ccc(OCc4ccccc4)cc3O2)C1. The summed E-state index contributed by atoms with van der Waals surface area (Å²) in [5.74, 6) is 1.67. The molecule has 5 heteroatoms. The number of likely N-dealkylation sites (tertiary alicyclic amines) is 1. The fourth-order valence-corrected chi connectivity index (χ4v) is 3.93. The van der Waals surface area contributed by atoms with E-state index >= 15 is 0 Å². The lowest BCUT2D eigenvalue weighted by Crippen LogP contribution is -2.44. The second kappa shape index (κ2) is 7.62. The third kappa shape index (κ3) is 4.66. The standard InChI is InChI=1S/C24H29NO4/c1-23(2,3)29-22(26)25-14-13-24(17-25)12-11-19-9-10-20(15-21(19)28-24)27-16-18-7-5-4-6-8-18/h4-10,15H,11-14,16-17H2,1-3H3. The molecule has 2 heterocycles. The third-order valence-electron chi connectivity index (χ3n) is 5.43. The molecule has 2 aliphatic heterocycles. The predicted octanol–water partition coefficient (Wildman–Crippen LogP) is 4.97. The maximum absolute atomic E-state index is 12.4. The molecule has 1 fully saturated rings. The largest absolute Gasteiger partial charge is 0.489 e. The number of hydrogen-bond acceptors (Lipinski definition) is 4. The van der Waals surface area contributed by atoms with Crippen molar-refractivity contribution in [2.75, 3.05) is 13.1 Å². The number of fused-ring (bicyclic) bond motifs is 1. The molecule has 154 valence electrons. The van der Waals surface area contributed by atoms with Crippen molar-refractivity contribution >= 4 is 6.09 Å². The molecule has 1 unspecified atom stereocenters. The van der Waals surface area contributed by atoms with Crippen LogP contribution in [0.4, 0.5) is 4.79 Å². The number of hydrogen-bond donors (Lipinski definition) is 0. The highest BCUT2D eigenvalue weighted by molar-refractivity contribution is 5.68. The van der Waals surface area contributed by atoms with Crippen LogP contribution in [0.2, 0.25) is 0 Å². The van der Waals surface area contributed by atoms with Gasteiger partial charge in [-0.2, -0.15) is 0 Å². The fraction of sp³-hybridized carbons (Fsp3) is 0.458. The summed E-state index contributed by atoms with van der Waals surface area (Å²) in [4.78, 5) is 14.2. The van der Waals surface area contributed by atoms with Gasteiger partial charge in [-0.15, -0.1) is 0 Å². The van der Waals surface area contributed by atoms with Gasteiger partial charge in [-0.05, 0) is 50.8 Å². The molecule has 0 aliphatic carbocycles. The van der Waals surface area contributed by atoms with E-state index in [2.05, 4.69) is 6.07 Å². The van der Waals surface area contributed by atoms with E-state index < -0.39 is 5.60 Å². The van der Waals surface area contributed by atoms with Gasteiger partial charge in [0.1, 0.15) is 29.3 Å². The van der Waals surface area contributed by atoms with Crippen molar-refractivity contribution in [1.29, 1.82) is 0 Å². The molecule has 2 aliphatic rings. The van der Waals surface area contributed by atoms with Crippen molar-refractivity contribution in [1.82, 2.24) is 4.90 Å². The second-order valence-electron chi connectivity index (χ2n) is 8.98. The second-order valence-corrected chi connectivity index (χ2v) is 8.98. The number of amides is 1. The number of carbonyl (C=O) groups excluding carboxylic acids is 1. The van der Waals surface area contributed by atoms with Gasteiger partial charge < -0.3 is 19.1 Å². The highest BCUT2D eigenvalue weighted by Crippen LogP contribution is 2.40. The Morgan fingerprint density at radius 1 is 1.14 bits per heavy atom. The van der Waals surface area contributed by atoms with Crippen LogP contribution in [0.15, 0.2) is 48.5 Å². The molecule has 2 aromatic carbocycles. The Morgan fingerprint density at radius 2 is 1.93 bits per heavy atom. The predicted molar refractivity (Wildman–Crippen MR) is 111 cm³/mol. The van der Waals surface area contributed by atoms with Gasteiger partial charge in [-0.25, -0.2) is 4.79 Å². The summed E-state index contributed by atoms with van der Waals surface area (Å²) in [7, 11) is 0. The summed E-state index contributed by atoms with van der Waals surface area (Å²) in [6, 6.07) is 16.2. The first-order valence-electron chi connectivity index (χ1n) is 10.3. The van der Waals surface area contributed by atoms with E-state index in [1.807, 2.05) is 63.2 Å². The van der Waals surface area contributed by atoms with Crippen molar-refractivity contribution in [2.24, 2.45) is 0 Å². The van der Waals surface area contributed by atoms with E-state index in [4.69, 9.17) is 14.2 Å². The van der Waals surface area contributed by atoms with Crippen LogP contribution in [-0.4, -0.2) is 35.3 Å². The molecule has 0 N–H and O–H groups in total. The van der Waals surface area contributed by atoms with Crippen molar-refractivity contribution in [3.63, 3.8) is 0 Å². The first-order chi connectivity index (χ1) is 13.8. The van der Waals surface area contributed by atoms with Gasteiger partial charge in [-0.1, -0.05) is 36.4 Å². The first-order valence-corrected chi connectivity index (χ1v) is 10.3. The van der Waals surface area contributed by atoms with Crippen molar-refractivity contribution < 1.29 is 19.0 Å². The molecule has 1 spiro atoms. The van der Waals surface area contributed by atoms with Crippen LogP contribution in [0.25, 0.3) is 0 Å². The molecular formula is C24H29NO4. The minimum atomic E-state index is -0.488. The van der Waals surface area contributed by atoms with Gasteiger partial charge in [-0.3, -0.25) is 0 Å². The fourth-order valence-electron chi connectivity index (χ4n) is 3.93. The Hall–Kier alpha value is -2.69.